The molecular weight excluding hydrogens is 287 g/mol. The van der Waals surface area contributed by atoms with Gasteiger partial charge in [0.1, 0.15) is 16.5 Å². The zero-order valence-corrected chi connectivity index (χ0v) is 12.2. The van der Waals surface area contributed by atoms with Crippen LogP contribution >= 0.6 is 35.0 Å². The lowest BCUT2D eigenvalue weighted by Crippen LogP contribution is -1.94. The van der Waals surface area contributed by atoms with Crippen LogP contribution in [-0.2, 0) is 12.2 Å². The lowest BCUT2D eigenvalue weighted by atomic mass is 10.2. The van der Waals surface area contributed by atoms with Crippen molar-refractivity contribution in [3.8, 4) is 0 Å². The maximum Gasteiger partial charge on any atom is 0.136 e. The quantitative estimate of drug-likeness (QED) is 0.607. The first-order valence-corrected chi connectivity index (χ1v) is 7.31. The Kier molecular flexibility index (Phi) is 4.87. The second-order valence-corrected chi connectivity index (χ2v) is 5.48. The number of benzene rings is 1. The summed E-state index contributed by atoms with van der Waals surface area (Å²) in [6.07, 6.45) is 2.34. The number of hydrogen-bond donors (Lipinski definition) is 0. The highest BCUT2D eigenvalue weighted by atomic mass is 35.5. The molecule has 0 saturated carbocycles. The molecule has 0 fully saturated rings. The summed E-state index contributed by atoms with van der Waals surface area (Å²) < 4.78 is 0. The van der Waals surface area contributed by atoms with Crippen molar-refractivity contribution in [2.75, 3.05) is 0 Å². The van der Waals surface area contributed by atoms with Crippen LogP contribution in [0, 0.1) is 0 Å². The summed E-state index contributed by atoms with van der Waals surface area (Å²) in [6, 6.07) is 7.82. The Morgan fingerprint density at radius 2 is 1.83 bits per heavy atom. The number of hydrogen-bond acceptors (Lipinski definition) is 3. The number of halogens is 2. The second-order valence-electron chi connectivity index (χ2n) is 3.72. The van der Waals surface area contributed by atoms with Gasteiger partial charge in [0.05, 0.1) is 0 Å². The van der Waals surface area contributed by atoms with Gasteiger partial charge in [-0.25, -0.2) is 9.97 Å². The molecule has 1 aromatic carbocycles. The van der Waals surface area contributed by atoms with Crippen LogP contribution in [0.15, 0.2) is 35.6 Å². The van der Waals surface area contributed by atoms with E-state index in [4.69, 9.17) is 23.2 Å². The smallest absolute Gasteiger partial charge is 0.136 e. The van der Waals surface area contributed by atoms with E-state index in [9.17, 15) is 0 Å². The molecule has 0 saturated heterocycles. The van der Waals surface area contributed by atoms with Crippen LogP contribution in [-0.4, -0.2) is 9.97 Å². The summed E-state index contributed by atoms with van der Waals surface area (Å²) in [5.41, 5.74) is 2.22. The van der Waals surface area contributed by atoms with Gasteiger partial charge in [0.2, 0.25) is 0 Å². The van der Waals surface area contributed by atoms with Crippen molar-refractivity contribution in [2.24, 2.45) is 0 Å². The monoisotopic (exact) mass is 298 g/mol. The SMILES string of the molecule is CCc1c(Cl)ncnc1SCc1ccc(Cl)cc1. The Morgan fingerprint density at radius 3 is 2.50 bits per heavy atom. The average molecular weight is 299 g/mol. The maximum absolute atomic E-state index is 6.05. The normalized spacial score (nSPS) is 10.6. The fourth-order valence-corrected chi connectivity index (χ4v) is 3.01. The molecule has 18 heavy (non-hydrogen) atoms. The minimum atomic E-state index is 0.547. The van der Waals surface area contributed by atoms with Gasteiger partial charge in [-0.05, 0) is 24.1 Å². The summed E-state index contributed by atoms with van der Waals surface area (Å²) in [5, 5.41) is 2.25. The molecule has 0 aliphatic heterocycles. The van der Waals surface area contributed by atoms with Crippen molar-refractivity contribution in [1.82, 2.24) is 9.97 Å². The molecule has 94 valence electrons. The molecule has 0 bridgehead atoms. The van der Waals surface area contributed by atoms with E-state index in [0.717, 1.165) is 27.8 Å². The molecule has 0 radical (unpaired) electrons. The fourth-order valence-electron chi connectivity index (χ4n) is 1.53. The summed E-state index contributed by atoms with van der Waals surface area (Å²) in [5.74, 6) is 0.845. The van der Waals surface area contributed by atoms with Gasteiger partial charge < -0.3 is 0 Å². The summed E-state index contributed by atoms with van der Waals surface area (Å²) in [4.78, 5) is 8.29. The molecule has 0 aliphatic rings. The highest BCUT2D eigenvalue weighted by molar-refractivity contribution is 7.98. The summed E-state index contributed by atoms with van der Waals surface area (Å²) in [6.45, 7) is 2.05. The Hall–Kier alpha value is -0.770. The van der Waals surface area contributed by atoms with Gasteiger partial charge in [-0.1, -0.05) is 42.3 Å². The molecule has 0 aliphatic carbocycles. The van der Waals surface area contributed by atoms with Crippen LogP contribution in [0.25, 0.3) is 0 Å². The Bertz CT molecular complexity index is 529. The molecule has 1 heterocycles. The molecule has 0 amide bonds. The van der Waals surface area contributed by atoms with E-state index >= 15 is 0 Å². The third kappa shape index (κ3) is 3.37. The van der Waals surface area contributed by atoms with Crippen molar-refractivity contribution in [3.63, 3.8) is 0 Å². The van der Waals surface area contributed by atoms with E-state index in [1.807, 2.05) is 24.3 Å². The van der Waals surface area contributed by atoms with E-state index in [1.165, 1.54) is 11.9 Å². The minimum Gasteiger partial charge on any atom is -0.230 e. The van der Waals surface area contributed by atoms with Crippen molar-refractivity contribution in [2.45, 2.75) is 24.1 Å². The zero-order chi connectivity index (χ0) is 13.0. The number of aromatic nitrogens is 2. The van der Waals surface area contributed by atoms with Gasteiger partial charge in [0.25, 0.3) is 0 Å². The van der Waals surface area contributed by atoms with Crippen molar-refractivity contribution in [1.29, 1.82) is 0 Å². The van der Waals surface area contributed by atoms with Crippen LogP contribution in [0.1, 0.15) is 18.1 Å². The average Bonchev–Trinajstić information content (AvgIpc) is 2.38. The predicted molar refractivity (Wildman–Crippen MR) is 77.4 cm³/mol. The molecule has 0 N–H and O–H groups in total. The first-order valence-electron chi connectivity index (χ1n) is 5.57. The topological polar surface area (TPSA) is 25.8 Å². The first kappa shape index (κ1) is 13.7. The Morgan fingerprint density at radius 1 is 1.11 bits per heavy atom. The van der Waals surface area contributed by atoms with Gasteiger partial charge in [-0.2, -0.15) is 0 Å². The van der Waals surface area contributed by atoms with Crippen LogP contribution < -0.4 is 0 Å². The lowest BCUT2D eigenvalue weighted by molar-refractivity contribution is 0.944. The molecular formula is C13H12Cl2N2S. The predicted octanol–water partition coefficient (Wildman–Crippen LogP) is 4.64. The van der Waals surface area contributed by atoms with E-state index in [1.54, 1.807) is 11.8 Å². The molecule has 0 unspecified atom stereocenters. The fraction of sp³-hybridized carbons (Fsp3) is 0.231. The van der Waals surface area contributed by atoms with Gasteiger partial charge in [0, 0.05) is 16.3 Å². The Labute approximate surface area is 121 Å². The molecule has 1 aromatic heterocycles. The largest absolute Gasteiger partial charge is 0.230 e. The van der Waals surface area contributed by atoms with Gasteiger partial charge >= 0.3 is 0 Å². The van der Waals surface area contributed by atoms with E-state index in [-0.39, 0.29) is 0 Å². The van der Waals surface area contributed by atoms with Crippen molar-refractivity contribution in [3.05, 3.63) is 51.9 Å². The van der Waals surface area contributed by atoms with Gasteiger partial charge in [-0.3, -0.25) is 0 Å². The first-order chi connectivity index (χ1) is 8.70. The third-order valence-electron chi connectivity index (χ3n) is 2.50. The van der Waals surface area contributed by atoms with Crippen molar-refractivity contribution >= 4 is 35.0 Å². The molecule has 2 nitrogen and oxygen atoms in total. The highest BCUT2D eigenvalue weighted by Gasteiger charge is 2.08. The van der Waals surface area contributed by atoms with Gasteiger partial charge in [0.15, 0.2) is 0 Å². The summed E-state index contributed by atoms with van der Waals surface area (Å²) in [7, 11) is 0. The highest BCUT2D eigenvalue weighted by Crippen LogP contribution is 2.28. The molecule has 0 spiro atoms. The van der Waals surface area contributed by atoms with Crippen LogP contribution in [0.4, 0.5) is 0 Å². The molecule has 2 aromatic rings. The standard InChI is InChI=1S/C13H12Cl2N2S/c1-2-11-12(15)16-8-17-13(11)18-7-9-3-5-10(14)6-4-9/h3-6,8H,2,7H2,1H3. The number of rotatable bonds is 4. The number of nitrogens with zero attached hydrogens (tertiary/aromatic N) is 2. The van der Waals surface area contributed by atoms with Crippen LogP contribution in [0.3, 0.4) is 0 Å². The van der Waals surface area contributed by atoms with Crippen molar-refractivity contribution < 1.29 is 0 Å². The summed E-state index contributed by atoms with van der Waals surface area (Å²) >= 11 is 13.6. The zero-order valence-electron chi connectivity index (χ0n) is 9.86. The van der Waals surface area contributed by atoms with E-state index in [0.29, 0.717) is 5.15 Å². The molecule has 0 atom stereocenters. The Balaban J connectivity index is 2.10. The minimum absolute atomic E-state index is 0.547. The van der Waals surface area contributed by atoms with Crippen LogP contribution in [0.5, 0.6) is 0 Å². The van der Waals surface area contributed by atoms with E-state index < -0.39 is 0 Å². The maximum atomic E-state index is 6.05. The second kappa shape index (κ2) is 6.41. The van der Waals surface area contributed by atoms with Crippen LogP contribution in [0.2, 0.25) is 10.2 Å². The van der Waals surface area contributed by atoms with Gasteiger partial charge in [-0.15, -0.1) is 11.8 Å². The lowest BCUT2D eigenvalue weighted by Gasteiger charge is -2.07. The third-order valence-corrected chi connectivity index (χ3v) is 4.18. The molecule has 2 rings (SSSR count). The molecule has 5 heteroatoms. The number of thioether (sulfide) groups is 1. The van der Waals surface area contributed by atoms with E-state index in [2.05, 4.69) is 16.9 Å².